The molecule has 1 saturated heterocycles. The molecule has 0 bridgehead atoms. The van der Waals surface area contributed by atoms with Crippen LogP contribution < -0.4 is 4.74 Å². The Kier molecular flexibility index (Phi) is 5.52. The fraction of sp³-hybridized carbons (Fsp3) is 0.455. The van der Waals surface area contributed by atoms with E-state index in [1.54, 1.807) is 51.1 Å². The quantitative estimate of drug-likeness (QED) is 0.688. The second kappa shape index (κ2) is 7.61. The van der Waals surface area contributed by atoms with Crippen LogP contribution in [0.2, 0.25) is 0 Å². The Balaban J connectivity index is 1.82. The molecule has 1 aromatic carbocycles. The van der Waals surface area contributed by atoms with Crippen LogP contribution in [-0.2, 0) is 20.9 Å². The number of likely N-dealkylation sites (tertiary alicyclic amines) is 1. The summed E-state index contributed by atoms with van der Waals surface area (Å²) in [5.41, 5.74) is 0.908. The van der Waals surface area contributed by atoms with E-state index in [0.29, 0.717) is 16.9 Å². The molecule has 0 radical (unpaired) electrons. The van der Waals surface area contributed by atoms with Gasteiger partial charge in [0.2, 0.25) is 0 Å². The Bertz CT molecular complexity index is 866. The molecule has 1 aliphatic heterocycles. The number of hydrogen-bond donors (Lipinski definition) is 0. The van der Waals surface area contributed by atoms with Gasteiger partial charge in [0.15, 0.2) is 0 Å². The van der Waals surface area contributed by atoms with Gasteiger partial charge in [0.1, 0.15) is 11.4 Å². The molecule has 5 nitrogen and oxygen atoms in total. The highest BCUT2D eigenvalue weighted by atomic mass is 19.3. The first-order chi connectivity index (χ1) is 13.5. The average Bonchev–Trinajstić information content (AvgIpc) is 2.81. The van der Waals surface area contributed by atoms with Gasteiger partial charge in [-0.05, 0) is 56.5 Å². The van der Waals surface area contributed by atoms with Crippen molar-refractivity contribution in [1.29, 1.82) is 0 Å². The van der Waals surface area contributed by atoms with Gasteiger partial charge in [0.05, 0.1) is 26.0 Å². The van der Waals surface area contributed by atoms with Crippen molar-refractivity contribution >= 4 is 11.9 Å². The van der Waals surface area contributed by atoms with E-state index >= 15 is 0 Å². The first-order valence-corrected chi connectivity index (χ1v) is 9.46. The number of carbonyl (C=O) groups is 2. The number of ether oxygens (including phenoxy) is 2. The summed E-state index contributed by atoms with van der Waals surface area (Å²) in [6.07, 6.45) is 3.10. The number of amides is 1. The number of allylic oxidation sites excluding steroid dienone is 3. The number of methoxy groups -OCH3 is 1. The molecule has 1 unspecified atom stereocenters. The zero-order valence-electron chi connectivity index (χ0n) is 17.0. The van der Waals surface area contributed by atoms with Crippen molar-refractivity contribution in [3.8, 4) is 5.75 Å². The molecule has 29 heavy (non-hydrogen) atoms. The van der Waals surface area contributed by atoms with Gasteiger partial charge in [-0.1, -0.05) is 18.2 Å². The molecule has 2 aliphatic rings. The van der Waals surface area contributed by atoms with Crippen molar-refractivity contribution in [3.63, 3.8) is 0 Å². The molecule has 7 heteroatoms. The lowest BCUT2D eigenvalue weighted by molar-refractivity contribution is -0.154. The van der Waals surface area contributed by atoms with Crippen LogP contribution in [0.1, 0.15) is 39.2 Å². The molecule has 0 aromatic heterocycles. The maximum atomic E-state index is 14.6. The Hall–Kier alpha value is -2.70. The molecular formula is C22H25F2NO4. The predicted molar refractivity (Wildman–Crippen MR) is 103 cm³/mol. The molecule has 1 amide bonds. The number of fused-ring (bicyclic) bond motifs is 1. The molecule has 0 spiro atoms. The van der Waals surface area contributed by atoms with Crippen molar-refractivity contribution in [2.24, 2.45) is 5.92 Å². The van der Waals surface area contributed by atoms with Crippen LogP contribution >= 0.6 is 0 Å². The first kappa shape index (κ1) is 21.0. The molecule has 3 rings (SSSR count). The maximum absolute atomic E-state index is 14.6. The number of nitrogens with zero attached hydrogens (tertiary/aromatic N) is 1. The summed E-state index contributed by atoms with van der Waals surface area (Å²) in [7, 11) is 1.54. The van der Waals surface area contributed by atoms with Crippen LogP contribution in [0.15, 0.2) is 47.7 Å². The molecule has 1 fully saturated rings. The summed E-state index contributed by atoms with van der Waals surface area (Å²) in [4.78, 5) is 25.7. The van der Waals surface area contributed by atoms with E-state index in [0.717, 1.165) is 4.90 Å². The lowest BCUT2D eigenvalue weighted by Crippen LogP contribution is -2.34. The molecular weight excluding hydrogens is 380 g/mol. The third-order valence-corrected chi connectivity index (χ3v) is 4.85. The molecule has 156 valence electrons. The standard InChI is InChI=1S/C22H25F2NO4/c1-21(2,3)29-19(26)12-15-7-10-17-18(11-15)25(20(27)22(17,23)24)13-14-5-8-16(28-4)9-6-14/h5-9,11,17H,10,12-13H2,1-4H3. The van der Waals surface area contributed by atoms with E-state index in [4.69, 9.17) is 9.47 Å². The summed E-state index contributed by atoms with van der Waals surface area (Å²) in [5.74, 6) is -5.68. The van der Waals surface area contributed by atoms with Crippen LogP contribution in [0.4, 0.5) is 8.78 Å². The third kappa shape index (κ3) is 4.49. The molecule has 0 N–H and O–H groups in total. The monoisotopic (exact) mass is 405 g/mol. The van der Waals surface area contributed by atoms with Crippen LogP contribution in [0.25, 0.3) is 0 Å². The Morgan fingerprint density at radius 2 is 1.90 bits per heavy atom. The van der Waals surface area contributed by atoms with Gasteiger partial charge < -0.3 is 14.4 Å². The van der Waals surface area contributed by atoms with Crippen molar-refractivity contribution in [1.82, 2.24) is 4.90 Å². The van der Waals surface area contributed by atoms with Gasteiger partial charge in [0.25, 0.3) is 5.91 Å². The zero-order valence-corrected chi connectivity index (χ0v) is 17.0. The van der Waals surface area contributed by atoms with Crippen molar-refractivity contribution in [2.45, 2.75) is 51.7 Å². The molecule has 1 heterocycles. The van der Waals surface area contributed by atoms with E-state index in [1.165, 1.54) is 13.2 Å². The highest BCUT2D eigenvalue weighted by molar-refractivity contribution is 5.90. The maximum Gasteiger partial charge on any atom is 0.333 e. The van der Waals surface area contributed by atoms with Crippen LogP contribution in [0.3, 0.4) is 0 Å². The predicted octanol–water partition coefficient (Wildman–Crippen LogP) is 4.23. The van der Waals surface area contributed by atoms with Gasteiger partial charge >= 0.3 is 11.9 Å². The number of halogens is 2. The summed E-state index contributed by atoms with van der Waals surface area (Å²) in [6.45, 7) is 5.32. The van der Waals surface area contributed by atoms with Crippen LogP contribution in [0.5, 0.6) is 5.75 Å². The number of hydrogen-bond acceptors (Lipinski definition) is 4. The van der Waals surface area contributed by atoms with Crippen LogP contribution in [0, 0.1) is 5.92 Å². The number of benzene rings is 1. The lowest BCUT2D eigenvalue weighted by Gasteiger charge is -2.24. The Morgan fingerprint density at radius 1 is 1.24 bits per heavy atom. The van der Waals surface area contributed by atoms with E-state index < -0.39 is 29.3 Å². The summed E-state index contributed by atoms with van der Waals surface area (Å²) in [5, 5.41) is 0. The highest BCUT2D eigenvalue weighted by Gasteiger charge is 2.59. The molecule has 0 saturated carbocycles. The molecule has 1 aliphatic carbocycles. The number of esters is 1. The summed E-state index contributed by atoms with van der Waals surface area (Å²) >= 11 is 0. The zero-order chi connectivity index (χ0) is 21.4. The van der Waals surface area contributed by atoms with Gasteiger partial charge in [-0.3, -0.25) is 9.59 Å². The fourth-order valence-corrected chi connectivity index (χ4v) is 3.53. The van der Waals surface area contributed by atoms with E-state index in [2.05, 4.69) is 0 Å². The van der Waals surface area contributed by atoms with Crippen LogP contribution in [-0.4, -0.2) is 35.4 Å². The Labute approximate surface area is 169 Å². The second-order valence-electron chi connectivity index (χ2n) is 8.26. The van der Waals surface area contributed by atoms with Crippen molar-refractivity contribution in [3.05, 3.63) is 53.3 Å². The average molecular weight is 405 g/mol. The number of alkyl halides is 2. The lowest BCUT2D eigenvalue weighted by atomic mass is 9.90. The topological polar surface area (TPSA) is 55.8 Å². The number of rotatable bonds is 5. The fourth-order valence-electron chi connectivity index (χ4n) is 3.53. The Morgan fingerprint density at radius 3 is 2.48 bits per heavy atom. The molecule has 1 atom stereocenters. The minimum absolute atomic E-state index is 0.00180. The van der Waals surface area contributed by atoms with Gasteiger partial charge in [-0.2, -0.15) is 8.78 Å². The number of carbonyl (C=O) groups excluding carboxylic acids is 2. The van der Waals surface area contributed by atoms with E-state index in [9.17, 15) is 18.4 Å². The summed E-state index contributed by atoms with van der Waals surface area (Å²) in [6, 6.07) is 6.90. The van der Waals surface area contributed by atoms with E-state index in [1.807, 2.05) is 0 Å². The minimum Gasteiger partial charge on any atom is -0.497 e. The molecule has 1 aromatic rings. The largest absolute Gasteiger partial charge is 0.497 e. The van der Waals surface area contributed by atoms with Crippen molar-refractivity contribution < 1.29 is 27.8 Å². The SMILES string of the molecule is COc1ccc(CN2C(=O)C(F)(F)C3CC=C(CC(=O)OC(C)(C)C)C=C32)cc1. The first-order valence-electron chi connectivity index (χ1n) is 9.46. The normalized spacial score (nSPS) is 20.7. The highest BCUT2D eigenvalue weighted by Crippen LogP contribution is 2.47. The second-order valence-corrected chi connectivity index (χ2v) is 8.26. The van der Waals surface area contributed by atoms with Gasteiger partial charge in [0, 0.05) is 5.70 Å². The third-order valence-electron chi connectivity index (χ3n) is 4.85. The van der Waals surface area contributed by atoms with Crippen molar-refractivity contribution in [2.75, 3.05) is 7.11 Å². The minimum atomic E-state index is -3.47. The van der Waals surface area contributed by atoms with E-state index in [-0.39, 0.29) is 25.1 Å². The smallest absolute Gasteiger partial charge is 0.333 e. The van der Waals surface area contributed by atoms with Gasteiger partial charge in [-0.25, -0.2) is 0 Å². The van der Waals surface area contributed by atoms with Gasteiger partial charge in [-0.15, -0.1) is 0 Å². The summed E-state index contributed by atoms with van der Waals surface area (Å²) < 4.78 is 39.6.